The number of amides is 1. The van der Waals surface area contributed by atoms with Crippen LogP contribution in [0.5, 0.6) is 0 Å². The summed E-state index contributed by atoms with van der Waals surface area (Å²) in [4.78, 5) is 24.3. The zero-order valence-corrected chi connectivity index (χ0v) is 18.6. The lowest BCUT2D eigenvalue weighted by atomic mass is 9.78. The van der Waals surface area contributed by atoms with Crippen molar-refractivity contribution >= 4 is 24.6 Å². The zero-order chi connectivity index (χ0) is 22.0. The van der Waals surface area contributed by atoms with Crippen molar-refractivity contribution in [1.29, 1.82) is 0 Å². The van der Waals surface area contributed by atoms with E-state index in [-0.39, 0.29) is 6.42 Å². The number of hydrogen-bond acceptors (Lipinski definition) is 6. The van der Waals surface area contributed by atoms with Crippen LogP contribution < -0.4 is 10.8 Å². The van der Waals surface area contributed by atoms with E-state index in [4.69, 9.17) is 18.8 Å². The highest BCUT2D eigenvalue weighted by Gasteiger charge is 2.51. The fraction of sp³-hybridized carbons (Fsp3) is 0.619. The first-order valence-electron chi connectivity index (χ1n) is 9.76. The lowest BCUT2D eigenvalue weighted by Gasteiger charge is -2.32. The van der Waals surface area contributed by atoms with Gasteiger partial charge in [0.05, 0.1) is 18.3 Å². The molecular weight excluding hydrogens is 373 g/mol. The van der Waals surface area contributed by atoms with E-state index in [1.54, 1.807) is 20.8 Å². The summed E-state index contributed by atoms with van der Waals surface area (Å²) < 4.78 is 22.3. The smallest absolute Gasteiger partial charge is 0.467 e. The van der Waals surface area contributed by atoms with Gasteiger partial charge in [-0.15, -0.1) is 0 Å². The maximum absolute atomic E-state index is 12.2. The van der Waals surface area contributed by atoms with Crippen molar-refractivity contribution in [3.8, 4) is 0 Å². The normalized spacial score (nSPS) is 18.8. The highest BCUT2D eigenvalue weighted by atomic mass is 16.7. The van der Waals surface area contributed by atoms with Crippen molar-refractivity contribution in [2.24, 2.45) is 0 Å². The number of alkyl carbamates (subject to hydrolysis) is 1. The molecule has 1 aromatic rings. The molecule has 1 amide bonds. The Balaban J connectivity index is 2.15. The average molecular weight is 405 g/mol. The number of esters is 1. The van der Waals surface area contributed by atoms with Gasteiger partial charge in [-0.2, -0.15) is 0 Å². The highest BCUT2D eigenvalue weighted by molar-refractivity contribution is 6.62. The van der Waals surface area contributed by atoms with Crippen LogP contribution >= 0.6 is 0 Å². The topological polar surface area (TPSA) is 83.1 Å². The number of ether oxygens (including phenoxy) is 2. The van der Waals surface area contributed by atoms with Gasteiger partial charge in [0, 0.05) is 6.42 Å². The summed E-state index contributed by atoms with van der Waals surface area (Å²) in [6, 6.07) is 6.71. The van der Waals surface area contributed by atoms with Gasteiger partial charge in [-0.05, 0) is 59.5 Å². The van der Waals surface area contributed by atoms with Crippen molar-refractivity contribution in [2.75, 3.05) is 7.11 Å². The Morgan fingerprint density at radius 2 is 1.72 bits per heavy atom. The van der Waals surface area contributed by atoms with Gasteiger partial charge in [-0.1, -0.05) is 24.3 Å². The predicted octanol–water partition coefficient (Wildman–Crippen LogP) is 2.59. The maximum atomic E-state index is 12.2. The fourth-order valence-electron chi connectivity index (χ4n) is 2.87. The van der Waals surface area contributed by atoms with Crippen LogP contribution in [0.25, 0.3) is 0 Å². The summed E-state index contributed by atoms with van der Waals surface area (Å²) >= 11 is 0. The van der Waals surface area contributed by atoms with Gasteiger partial charge in [0.15, 0.2) is 0 Å². The van der Waals surface area contributed by atoms with Gasteiger partial charge >= 0.3 is 19.2 Å². The van der Waals surface area contributed by atoms with E-state index >= 15 is 0 Å². The van der Waals surface area contributed by atoms with E-state index in [1.807, 2.05) is 52.0 Å². The van der Waals surface area contributed by atoms with E-state index in [1.165, 1.54) is 7.11 Å². The Kier molecular flexibility index (Phi) is 6.70. The largest absolute Gasteiger partial charge is 0.494 e. The van der Waals surface area contributed by atoms with Crippen molar-refractivity contribution in [2.45, 2.75) is 77.7 Å². The van der Waals surface area contributed by atoms with Crippen molar-refractivity contribution in [1.82, 2.24) is 5.32 Å². The minimum Gasteiger partial charge on any atom is -0.467 e. The summed E-state index contributed by atoms with van der Waals surface area (Å²) in [7, 11) is 0.780. The molecule has 1 aromatic carbocycles. The van der Waals surface area contributed by atoms with Gasteiger partial charge in [-0.25, -0.2) is 9.59 Å². The molecular formula is C21H32BNO6. The number of rotatable bonds is 5. The molecule has 0 saturated carbocycles. The molecule has 0 aliphatic carbocycles. The molecule has 0 radical (unpaired) electrons. The Hall–Kier alpha value is -2.06. The molecule has 1 atom stereocenters. The van der Waals surface area contributed by atoms with Gasteiger partial charge in [0.1, 0.15) is 11.6 Å². The lowest BCUT2D eigenvalue weighted by molar-refractivity contribution is -0.143. The zero-order valence-electron chi connectivity index (χ0n) is 18.6. The lowest BCUT2D eigenvalue weighted by Crippen LogP contribution is -2.45. The summed E-state index contributed by atoms with van der Waals surface area (Å²) in [5, 5.41) is 2.59. The van der Waals surface area contributed by atoms with E-state index < -0.39 is 42.0 Å². The van der Waals surface area contributed by atoms with Crippen LogP contribution in [-0.4, -0.2) is 49.1 Å². The predicted molar refractivity (Wildman–Crippen MR) is 111 cm³/mol. The fourth-order valence-corrected chi connectivity index (χ4v) is 2.87. The van der Waals surface area contributed by atoms with Crippen molar-refractivity contribution in [3.05, 3.63) is 29.8 Å². The number of nitrogens with one attached hydrogen (secondary N) is 1. The molecule has 1 aliphatic heterocycles. The molecule has 1 unspecified atom stereocenters. The number of methoxy groups -OCH3 is 1. The van der Waals surface area contributed by atoms with Crippen molar-refractivity contribution < 1.29 is 28.4 Å². The first kappa shape index (κ1) is 23.2. The van der Waals surface area contributed by atoms with Crippen LogP contribution in [0.15, 0.2) is 24.3 Å². The maximum Gasteiger partial charge on any atom is 0.494 e. The minimum atomic E-state index is -0.872. The Labute approximate surface area is 173 Å². The molecule has 0 bridgehead atoms. The summed E-state index contributed by atoms with van der Waals surface area (Å²) in [6.07, 6.45) is -0.422. The SMILES string of the molecule is COC(=O)C(Cc1cccc(B2OC(C)(C)C(C)(C)O2)c1)NC(=O)OC(C)(C)C. The summed E-state index contributed by atoms with van der Waals surface area (Å²) in [6.45, 7) is 13.3. The third kappa shape index (κ3) is 5.96. The second-order valence-electron chi connectivity index (χ2n) is 9.26. The van der Waals surface area contributed by atoms with Gasteiger partial charge in [0.25, 0.3) is 0 Å². The monoisotopic (exact) mass is 405 g/mol. The first-order valence-corrected chi connectivity index (χ1v) is 9.76. The number of carbonyl (C=O) groups excluding carboxylic acids is 2. The Morgan fingerprint density at radius 3 is 2.24 bits per heavy atom. The van der Waals surface area contributed by atoms with Crippen LogP contribution in [0, 0.1) is 0 Å². The number of benzene rings is 1. The third-order valence-corrected chi connectivity index (χ3v) is 5.09. The Morgan fingerprint density at radius 1 is 1.14 bits per heavy atom. The standard InChI is InChI=1S/C21H32BNO6/c1-19(2,3)27-18(25)23-16(17(24)26-8)13-14-10-9-11-15(12-14)22-28-20(4,5)21(6,7)29-22/h9-12,16H,13H2,1-8H3,(H,23,25). The van der Waals surface area contributed by atoms with E-state index in [0.29, 0.717) is 0 Å². The Bertz CT molecular complexity index is 740. The second kappa shape index (κ2) is 8.36. The minimum absolute atomic E-state index is 0.249. The van der Waals surface area contributed by atoms with Crippen LogP contribution in [0.2, 0.25) is 0 Å². The van der Waals surface area contributed by atoms with Gasteiger partial charge < -0.3 is 24.1 Å². The molecule has 29 heavy (non-hydrogen) atoms. The molecule has 1 saturated heterocycles. The van der Waals surface area contributed by atoms with E-state index in [9.17, 15) is 9.59 Å². The highest BCUT2D eigenvalue weighted by Crippen LogP contribution is 2.36. The average Bonchev–Trinajstić information content (AvgIpc) is 2.80. The van der Waals surface area contributed by atoms with Crippen LogP contribution in [-0.2, 0) is 30.0 Å². The molecule has 1 heterocycles. The molecule has 8 heteroatoms. The molecule has 1 fully saturated rings. The first-order chi connectivity index (χ1) is 13.2. The molecule has 160 valence electrons. The van der Waals surface area contributed by atoms with Crippen molar-refractivity contribution in [3.63, 3.8) is 0 Å². The number of hydrogen-bond donors (Lipinski definition) is 1. The van der Waals surface area contributed by atoms with Gasteiger partial charge in [-0.3, -0.25) is 0 Å². The molecule has 2 rings (SSSR count). The quantitative estimate of drug-likeness (QED) is 0.599. The summed E-state index contributed by atoms with van der Waals surface area (Å²) in [5.41, 5.74) is 0.133. The van der Waals surface area contributed by atoms with Crippen LogP contribution in [0.3, 0.4) is 0 Å². The molecule has 0 aromatic heterocycles. The molecule has 7 nitrogen and oxygen atoms in total. The molecule has 1 N–H and O–H groups in total. The van der Waals surface area contributed by atoms with Gasteiger partial charge in [0.2, 0.25) is 0 Å². The number of carbonyl (C=O) groups is 2. The van der Waals surface area contributed by atoms with E-state index in [0.717, 1.165) is 11.0 Å². The second-order valence-corrected chi connectivity index (χ2v) is 9.26. The third-order valence-electron chi connectivity index (χ3n) is 5.09. The van der Waals surface area contributed by atoms with Crippen LogP contribution in [0.4, 0.5) is 4.79 Å². The van der Waals surface area contributed by atoms with Crippen LogP contribution in [0.1, 0.15) is 54.0 Å². The molecule has 0 spiro atoms. The van der Waals surface area contributed by atoms with E-state index in [2.05, 4.69) is 5.32 Å². The summed E-state index contributed by atoms with van der Waals surface area (Å²) in [5.74, 6) is -0.545. The molecule has 1 aliphatic rings.